The van der Waals surface area contributed by atoms with Crippen LogP contribution >= 0.6 is 0 Å². The van der Waals surface area contributed by atoms with Crippen LogP contribution in [-0.4, -0.2) is 29.4 Å². The molecule has 0 aliphatic heterocycles. The summed E-state index contributed by atoms with van der Waals surface area (Å²) in [6.07, 6.45) is 4.91. The maximum atomic E-state index is 8.80. The zero-order valence-corrected chi connectivity index (χ0v) is 11.4. The highest BCUT2D eigenvalue weighted by Gasteiger charge is 2.19. The van der Waals surface area contributed by atoms with Gasteiger partial charge in [0.2, 0.25) is 0 Å². The molecule has 7 nitrogen and oxygen atoms in total. The molecule has 3 aromatic heterocycles. The fourth-order valence-electron chi connectivity index (χ4n) is 1.87. The summed E-state index contributed by atoms with van der Waals surface area (Å²) < 4.78 is 3.25. The highest BCUT2D eigenvalue weighted by Crippen LogP contribution is 2.23. The molecule has 0 radical (unpaired) electrons. The van der Waals surface area contributed by atoms with Crippen molar-refractivity contribution >= 4 is 5.52 Å². The Kier molecular flexibility index (Phi) is 2.54. The number of aromatic nitrogens is 6. The van der Waals surface area contributed by atoms with Gasteiger partial charge in [-0.2, -0.15) is 15.0 Å². The molecule has 0 aliphatic carbocycles. The quantitative estimate of drug-likeness (QED) is 0.666. The van der Waals surface area contributed by atoms with Crippen molar-refractivity contribution in [3.8, 4) is 11.9 Å². The van der Waals surface area contributed by atoms with E-state index >= 15 is 0 Å². The summed E-state index contributed by atoms with van der Waals surface area (Å²) in [7, 11) is 0. The molecule has 0 saturated carbocycles. The Morgan fingerprint density at radius 1 is 1.20 bits per heavy atom. The van der Waals surface area contributed by atoms with E-state index in [0.29, 0.717) is 5.82 Å². The molecule has 0 N–H and O–H groups in total. The number of fused-ring (bicyclic) bond motifs is 1. The molecule has 0 bridgehead atoms. The van der Waals surface area contributed by atoms with Crippen molar-refractivity contribution < 1.29 is 0 Å². The summed E-state index contributed by atoms with van der Waals surface area (Å²) in [5.41, 5.74) is 1.74. The second-order valence-electron chi connectivity index (χ2n) is 5.48. The predicted molar refractivity (Wildman–Crippen MR) is 71.3 cm³/mol. The van der Waals surface area contributed by atoms with E-state index in [-0.39, 0.29) is 11.2 Å². The van der Waals surface area contributed by atoms with Gasteiger partial charge in [-0.15, -0.1) is 5.10 Å². The van der Waals surface area contributed by atoms with Crippen LogP contribution in [0.4, 0.5) is 0 Å². The molecule has 0 fully saturated rings. The number of hydrogen-bond donors (Lipinski definition) is 0. The maximum Gasteiger partial charge on any atom is 0.252 e. The minimum absolute atomic E-state index is 0.0521. The van der Waals surface area contributed by atoms with E-state index in [1.807, 2.05) is 12.1 Å². The Balaban J connectivity index is 2.21. The lowest BCUT2D eigenvalue weighted by atomic mass is 9.92. The second-order valence-corrected chi connectivity index (χ2v) is 5.48. The SMILES string of the molecule is CC(C)(C)c1cc2c(-n3cnc(C#N)n3)nccn2n1. The summed E-state index contributed by atoms with van der Waals surface area (Å²) in [6, 6.07) is 3.88. The van der Waals surface area contributed by atoms with Crippen LogP contribution in [0.2, 0.25) is 0 Å². The molecule has 0 atom stereocenters. The minimum atomic E-state index is -0.0521. The van der Waals surface area contributed by atoms with Crippen molar-refractivity contribution in [3.05, 3.63) is 36.3 Å². The third-order valence-corrected chi connectivity index (χ3v) is 2.95. The molecule has 0 aromatic carbocycles. The first-order valence-corrected chi connectivity index (χ1v) is 6.16. The van der Waals surface area contributed by atoms with Crippen LogP contribution in [0.5, 0.6) is 0 Å². The van der Waals surface area contributed by atoms with Crippen LogP contribution in [0.25, 0.3) is 11.3 Å². The zero-order valence-electron chi connectivity index (χ0n) is 11.4. The van der Waals surface area contributed by atoms with Crippen molar-refractivity contribution in [2.45, 2.75) is 26.2 Å². The number of rotatable bonds is 1. The molecule has 0 spiro atoms. The normalized spacial score (nSPS) is 11.7. The summed E-state index contributed by atoms with van der Waals surface area (Å²) >= 11 is 0. The van der Waals surface area contributed by atoms with Gasteiger partial charge in [-0.25, -0.2) is 14.5 Å². The second kappa shape index (κ2) is 4.13. The Labute approximate surface area is 115 Å². The van der Waals surface area contributed by atoms with E-state index < -0.39 is 0 Å². The molecule has 7 heteroatoms. The van der Waals surface area contributed by atoms with Crippen molar-refractivity contribution in [2.24, 2.45) is 0 Å². The predicted octanol–water partition coefficient (Wildman–Crippen LogP) is 1.48. The van der Waals surface area contributed by atoms with Crippen LogP contribution < -0.4 is 0 Å². The van der Waals surface area contributed by atoms with Crippen molar-refractivity contribution in [1.29, 1.82) is 5.26 Å². The fourth-order valence-corrected chi connectivity index (χ4v) is 1.87. The maximum absolute atomic E-state index is 8.80. The van der Waals surface area contributed by atoms with Crippen molar-refractivity contribution in [3.63, 3.8) is 0 Å². The van der Waals surface area contributed by atoms with E-state index in [2.05, 4.69) is 40.9 Å². The van der Waals surface area contributed by atoms with Crippen LogP contribution in [0.1, 0.15) is 32.3 Å². The van der Waals surface area contributed by atoms with E-state index in [1.165, 1.54) is 11.0 Å². The van der Waals surface area contributed by atoms with Gasteiger partial charge in [0.15, 0.2) is 5.82 Å². The molecular weight excluding hydrogens is 254 g/mol. The molecule has 0 unspecified atom stereocenters. The first-order chi connectivity index (χ1) is 9.49. The Morgan fingerprint density at radius 2 is 2.00 bits per heavy atom. The highest BCUT2D eigenvalue weighted by molar-refractivity contribution is 5.61. The van der Waals surface area contributed by atoms with Crippen molar-refractivity contribution in [2.75, 3.05) is 0 Å². The van der Waals surface area contributed by atoms with Gasteiger partial charge in [-0.05, 0) is 6.07 Å². The zero-order chi connectivity index (χ0) is 14.3. The lowest BCUT2D eigenvalue weighted by Crippen LogP contribution is -2.11. The average Bonchev–Trinajstić information content (AvgIpc) is 3.04. The molecule has 3 heterocycles. The molecule has 0 aliphatic rings. The number of nitrogens with zero attached hydrogens (tertiary/aromatic N) is 7. The lowest BCUT2D eigenvalue weighted by molar-refractivity contribution is 0.562. The molecule has 0 saturated heterocycles. The van der Waals surface area contributed by atoms with Gasteiger partial charge in [-0.3, -0.25) is 0 Å². The van der Waals surface area contributed by atoms with E-state index in [9.17, 15) is 0 Å². The molecule has 20 heavy (non-hydrogen) atoms. The van der Waals surface area contributed by atoms with Crippen LogP contribution in [-0.2, 0) is 5.41 Å². The van der Waals surface area contributed by atoms with Crippen LogP contribution in [0.15, 0.2) is 24.8 Å². The first kappa shape index (κ1) is 12.3. The monoisotopic (exact) mass is 267 g/mol. The summed E-state index contributed by atoms with van der Waals surface area (Å²) in [6.45, 7) is 6.31. The van der Waals surface area contributed by atoms with E-state index in [1.54, 1.807) is 16.9 Å². The number of nitriles is 1. The van der Waals surface area contributed by atoms with Gasteiger partial charge in [0, 0.05) is 17.8 Å². The Morgan fingerprint density at radius 3 is 2.65 bits per heavy atom. The standard InChI is InChI=1S/C13H13N7/c1-13(2,3)10-6-9-12(15-4-5-19(9)17-10)20-8-16-11(7-14)18-20/h4-6,8H,1-3H3. The molecular formula is C13H13N7. The van der Waals surface area contributed by atoms with Gasteiger partial charge >= 0.3 is 0 Å². The third kappa shape index (κ3) is 1.91. The smallest absolute Gasteiger partial charge is 0.235 e. The van der Waals surface area contributed by atoms with Gasteiger partial charge in [0.1, 0.15) is 17.9 Å². The summed E-state index contributed by atoms with van der Waals surface area (Å²) in [5.74, 6) is 0.717. The van der Waals surface area contributed by atoms with Gasteiger partial charge < -0.3 is 0 Å². The topological polar surface area (TPSA) is 84.7 Å². The van der Waals surface area contributed by atoms with E-state index in [4.69, 9.17) is 5.26 Å². The van der Waals surface area contributed by atoms with Gasteiger partial charge in [0.05, 0.1) is 5.69 Å². The number of hydrogen-bond acceptors (Lipinski definition) is 5. The largest absolute Gasteiger partial charge is 0.252 e. The Bertz CT molecular complexity index is 813. The first-order valence-electron chi connectivity index (χ1n) is 6.16. The van der Waals surface area contributed by atoms with Crippen LogP contribution in [0, 0.1) is 11.3 Å². The van der Waals surface area contributed by atoms with Crippen molar-refractivity contribution in [1.82, 2.24) is 29.4 Å². The molecule has 100 valence electrons. The van der Waals surface area contributed by atoms with Gasteiger partial charge in [0.25, 0.3) is 5.82 Å². The minimum Gasteiger partial charge on any atom is -0.235 e. The molecule has 3 rings (SSSR count). The average molecular weight is 267 g/mol. The highest BCUT2D eigenvalue weighted by atomic mass is 15.4. The fraction of sp³-hybridized carbons (Fsp3) is 0.308. The third-order valence-electron chi connectivity index (χ3n) is 2.95. The lowest BCUT2D eigenvalue weighted by Gasteiger charge is -2.13. The van der Waals surface area contributed by atoms with Gasteiger partial charge in [-0.1, -0.05) is 20.8 Å². The summed E-state index contributed by atoms with van der Waals surface area (Å²) in [5, 5.41) is 17.4. The molecule has 3 aromatic rings. The Hall–Kier alpha value is -2.75. The summed E-state index contributed by atoms with van der Waals surface area (Å²) in [4.78, 5) is 8.20. The molecule has 0 amide bonds. The van der Waals surface area contributed by atoms with E-state index in [0.717, 1.165) is 11.2 Å². The van der Waals surface area contributed by atoms with Crippen LogP contribution in [0.3, 0.4) is 0 Å².